The van der Waals surface area contributed by atoms with Crippen LogP contribution in [0.1, 0.15) is 20.3 Å². The molecule has 1 unspecified atom stereocenters. The highest BCUT2D eigenvalue weighted by Gasteiger charge is 2.60. The molecule has 1 saturated carbocycles. The third-order valence-corrected chi connectivity index (χ3v) is 1.74. The van der Waals surface area contributed by atoms with Crippen LogP contribution in [0.4, 0.5) is 8.78 Å². The fraction of sp³-hybridized carbons (Fsp3) is 0.857. The van der Waals surface area contributed by atoms with Crippen LogP contribution in [0, 0.1) is 11.8 Å². The number of carbonyl (C=O) groups excluding carboxylic acids is 1. The molecule has 0 aliphatic heterocycles. The van der Waals surface area contributed by atoms with E-state index in [1.807, 2.05) is 0 Å². The zero-order valence-electron chi connectivity index (χ0n) is 6.03. The first-order chi connectivity index (χ1) is 4.45. The molecule has 0 spiro atoms. The van der Waals surface area contributed by atoms with Crippen LogP contribution in [-0.4, -0.2) is 11.7 Å². The maximum absolute atomic E-state index is 12.2. The minimum Gasteiger partial charge on any atom is -0.299 e. The van der Waals surface area contributed by atoms with Crippen molar-refractivity contribution in [3.05, 3.63) is 0 Å². The predicted molar refractivity (Wildman–Crippen MR) is 32.9 cm³/mol. The molecule has 0 aromatic carbocycles. The topological polar surface area (TPSA) is 17.1 Å². The van der Waals surface area contributed by atoms with Crippen LogP contribution in [0.15, 0.2) is 0 Å². The van der Waals surface area contributed by atoms with E-state index in [1.54, 1.807) is 13.8 Å². The minimum atomic E-state index is -2.68. The van der Waals surface area contributed by atoms with Crippen LogP contribution in [0.5, 0.6) is 0 Å². The van der Waals surface area contributed by atoms with Gasteiger partial charge in [-0.3, -0.25) is 4.79 Å². The lowest BCUT2D eigenvalue weighted by Crippen LogP contribution is -2.13. The third kappa shape index (κ3) is 1.18. The van der Waals surface area contributed by atoms with Crippen LogP contribution in [-0.2, 0) is 4.79 Å². The van der Waals surface area contributed by atoms with Crippen LogP contribution in [0.3, 0.4) is 0 Å². The Morgan fingerprint density at radius 3 is 2.10 bits per heavy atom. The molecule has 0 amide bonds. The summed E-state index contributed by atoms with van der Waals surface area (Å²) in [6, 6.07) is 0. The first-order valence-electron chi connectivity index (χ1n) is 3.36. The average Bonchev–Trinajstić information content (AvgIpc) is 2.38. The van der Waals surface area contributed by atoms with Gasteiger partial charge >= 0.3 is 0 Å². The summed E-state index contributed by atoms with van der Waals surface area (Å²) < 4.78 is 24.4. The Labute approximate surface area is 58.4 Å². The summed E-state index contributed by atoms with van der Waals surface area (Å²) in [5.74, 6) is -4.20. The van der Waals surface area contributed by atoms with Crippen LogP contribution in [0.2, 0.25) is 0 Å². The van der Waals surface area contributed by atoms with Crippen LogP contribution in [0.25, 0.3) is 0 Å². The van der Waals surface area contributed by atoms with Gasteiger partial charge in [0.25, 0.3) is 5.92 Å². The van der Waals surface area contributed by atoms with Crippen LogP contribution >= 0.6 is 0 Å². The van der Waals surface area contributed by atoms with Crippen molar-refractivity contribution in [1.29, 1.82) is 0 Å². The minimum absolute atomic E-state index is 0.232. The molecule has 1 atom stereocenters. The van der Waals surface area contributed by atoms with Gasteiger partial charge in [0.05, 0.1) is 5.92 Å². The second-order valence-electron chi connectivity index (χ2n) is 3.07. The van der Waals surface area contributed by atoms with Crippen molar-refractivity contribution in [2.45, 2.75) is 26.2 Å². The standard InChI is InChI=1S/C7H10F2O/c1-4(2)6(10)5-3-7(5,8)9/h4-5H,3H2,1-2H3. The second-order valence-corrected chi connectivity index (χ2v) is 3.07. The summed E-state index contributed by atoms with van der Waals surface area (Å²) in [7, 11) is 0. The fourth-order valence-electron chi connectivity index (χ4n) is 0.924. The van der Waals surface area contributed by atoms with E-state index in [2.05, 4.69) is 0 Å². The molecule has 1 nitrogen and oxygen atoms in total. The Kier molecular flexibility index (Phi) is 1.53. The normalized spacial score (nSPS) is 28.7. The maximum atomic E-state index is 12.2. The third-order valence-electron chi connectivity index (χ3n) is 1.74. The second kappa shape index (κ2) is 2.01. The molecule has 1 aliphatic carbocycles. The number of hydrogen-bond donors (Lipinski definition) is 0. The lowest BCUT2D eigenvalue weighted by Gasteiger charge is -2.00. The lowest BCUT2D eigenvalue weighted by atomic mass is 10.1. The Morgan fingerprint density at radius 1 is 1.60 bits per heavy atom. The lowest BCUT2D eigenvalue weighted by molar-refractivity contribution is -0.125. The summed E-state index contributed by atoms with van der Waals surface area (Å²) in [5, 5.41) is 0. The van der Waals surface area contributed by atoms with Crippen LogP contribution < -0.4 is 0 Å². The molecular weight excluding hydrogens is 138 g/mol. The predicted octanol–water partition coefficient (Wildman–Crippen LogP) is 1.87. The van der Waals surface area contributed by atoms with Crippen molar-refractivity contribution in [2.75, 3.05) is 0 Å². The van der Waals surface area contributed by atoms with E-state index in [9.17, 15) is 13.6 Å². The van der Waals surface area contributed by atoms with Gasteiger partial charge in [-0.2, -0.15) is 0 Å². The first kappa shape index (κ1) is 7.63. The first-order valence-corrected chi connectivity index (χ1v) is 3.36. The van der Waals surface area contributed by atoms with E-state index >= 15 is 0 Å². The van der Waals surface area contributed by atoms with Crippen molar-refractivity contribution in [3.63, 3.8) is 0 Å². The van der Waals surface area contributed by atoms with E-state index in [4.69, 9.17) is 0 Å². The number of ketones is 1. The van der Waals surface area contributed by atoms with Gasteiger partial charge in [0.1, 0.15) is 5.78 Å². The van der Waals surface area contributed by atoms with Crippen molar-refractivity contribution in [2.24, 2.45) is 11.8 Å². The molecule has 3 heteroatoms. The smallest absolute Gasteiger partial charge is 0.258 e. The van der Waals surface area contributed by atoms with E-state index in [0.717, 1.165) is 0 Å². The van der Waals surface area contributed by atoms with Gasteiger partial charge in [0, 0.05) is 12.3 Å². The highest BCUT2D eigenvalue weighted by atomic mass is 19.3. The Hall–Kier alpha value is -0.470. The molecule has 1 aliphatic rings. The molecule has 1 fully saturated rings. The Balaban J connectivity index is 2.48. The highest BCUT2D eigenvalue weighted by Crippen LogP contribution is 2.50. The number of hydrogen-bond acceptors (Lipinski definition) is 1. The molecule has 0 saturated heterocycles. The molecule has 0 heterocycles. The maximum Gasteiger partial charge on any atom is 0.258 e. The van der Waals surface area contributed by atoms with E-state index < -0.39 is 11.8 Å². The molecule has 10 heavy (non-hydrogen) atoms. The van der Waals surface area contributed by atoms with Gasteiger partial charge in [-0.15, -0.1) is 0 Å². The SMILES string of the molecule is CC(C)C(=O)C1CC1(F)F. The zero-order valence-corrected chi connectivity index (χ0v) is 6.03. The van der Waals surface area contributed by atoms with E-state index in [0.29, 0.717) is 0 Å². The van der Waals surface area contributed by atoms with Gasteiger partial charge in [0.15, 0.2) is 0 Å². The van der Waals surface area contributed by atoms with Crippen molar-refractivity contribution < 1.29 is 13.6 Å². The van der Waals surface area contributed by atoms with Gasteiger partial charge in [-0.1, -0.05) is 13.8 Å². The molecule has 0 aromatic heterocycles. The van der Waals surface area contributed by atoms with Gasteiger partial charge in [0.2, 0.25) is 0 Å². The molecule has 1 rings (SSSR count). The van der Waals surface area contributed by atoms with Gasteiger partial charge < -0.3 is 0 Å². The van der Waals surface area contributed by atoms with Crippen molar-refractivity contribution in [3.8, 4) is 0 Å². The monoisotopic (exact) mass is 148 g/mol. The largest absolute Gasteiger partial charge is 0.299 e. The van der Waals surface area contributed by atoms with Gasteiger partial charge in [-0.25, -0.2) is 8.78 Å². The number of alkyl halides is 2. The van der Waals surface area contributed by atoms with Gasteiger partial charge in [-0.05, 0) is 0 Å². The molecule has 0 N–H and O–H groups in total. The molecular formula is C7H10F2O. The van der Waals surface area contributed by atoms with Crippen molar-refractivity contribution >= 4 is 5.78 Å². The summed E-state index contributed by atoms with van der Waals surface area (Å²) in [5.41, 5.74) is 0. The number of halogens is 2. The number of rotatable bonds is 2. The Morgan fingerprint density at radius 2 is 2.00 bits per heavy atom. The van der Waals surface area contributed by atoms with Crippen molar-refractivity contribution in [1.82, 2.24) is 0 Å². The summed E-state index contributed by atoms with van der Waals surface area (Å²) in [4.78, 5) is 10.8. The number of Topliss-reactive ketones (excluding diaryl/α,β-unsaturated/α-hetero) is 1. The summed E-state index contributed by atoms with van der Waals surface area (Å²) in [6.45, 7) is 3.30. The summed E-state index contributed by atoms with van der Waals surface area (Å²) >= 11 is 0. The Bertz CT molecular complexity index is 163. The molecule has 58 valence electrons. The molecule has 0 radical (unpaired) electrons. The van der Waals surface area contributed by atoms with E-state index in [-0.39, 0.29) is 18.1 Å². The highest BCUT2D eigenvalue weighted by molar-refractivity contribution is 5.86. The molecule has 0 bridgehead atoms. The fourth-order valence-corrected chi connectivity index (χ4v) is 0.924. The number of carbonyl (C=O) groups is 1. The van der Waals surface area contributed by atoms with E-state index in [1.165, 1.54) is 0 Å². The average molecular weight is 148 g/mol. The molecule has 0 aromatic rings. The zero-order chi connectivity index (χ0) is 7.94. The quantitative estimate of drug-likeness (QED) is 0.584. The summed E-state index contributed by atoms with van der Waals surface area (Å²) in [6.07, 6.45) is -0.232.